The minimum atomic E-state index is -1.02. The summed E-state index contributed by atoms with van der Waals surface area (Å²) >= 11 is 4.42. The second-order valence-corrected chi connectivity index (χ2v) is 6.01. The Labute approximate surface area is 127 Å². The molecule has 0 radical (unpaired) electrons. The number of carbonyl (C=O) groups is 2. The Kier molecular flexibility index (Phi) is 4.91. The fourth-order valence-corrected chi connectivity index (χ4v) is 2.81. The van der Waals surface area contributed by atoms with Gasteiger partial charge < -0.3 is 10.4 Å². The molecule has 1 amide bonds. The first-order valence-corrected chi connectivity index (χ1v) is 7.28. The fraction of sp³-hybridized carbons (Fsp3) is 0.167. The van der Waals surface area contributed by atoms with E-state index in [4.69, 9.17) is 5.11 Å². The van der Waals surface area contributed by atoms with Crippen LogP contribution in [-0.4, -0.2) is 33.6 Å². The van der Waals surface area contributed by atoms with Crippen LogP contribution in [0.5, 0.6) is 0 Å². The number of amidine groups is 1. The number of thioether (sulfide) groups is 1. The smallest absolute Gasteiger partial charge is 0.305 e. The van der Waals surface area contributed by atoms with Crippen molar-refractivity contribution in [3.63, 3.8) is 0 Å². The highest BCUT2D eigenvalue weighted by Crippen LogP contribution is 2.22. The number of rotatable bonds is 4. The third-order valence-electron chi connectivity index (χ3n) is 2.34. The molecule has 104 valence electrons. The monoisotopic (exact) mass is 355 g/mol. The average molecular weight is 356 g/mol. The Morgan fingerprint density at radius 1 is 1.55 bits per heavy atom. The number of nitrogens with zero attached hydrogens (tertiary/aromatic N) is 2. The van der Waals surface area contributed by atoms with Gasteiger partial charge in [-0.25, -0.2) is 0 Å². The van der Waals surface area contributed by atoms with Gasteiger partial charge in [-0.2, -0.15) is 5.10 Å². The first-order chi connectivity index (χ1) is 9.54. The number of carboxylic acids is 1. The first-order valence-electron chi connectivity index (χ1n) is 5.60. The number of carboxylic acid groups (broad SMARTS) is 1. The molecule has 1 aliphatic heterocycles. The van der Waals surface area contributed by atoms with Crippen LogP contribution in [0.3, 0.4) is 0 Å². The summed E-state index contributed by atoms with van der Waals surface area (Å²) in [7, 11) is 0. The van der Waals surface area contributed by atoms with Crippen LogP contribution in [0.15, 0.2) is 38.9 Å². The van der Waals surface area contributed by atoms with Gasteiger partial charge in [-0.1, -0.05) is 39.8 Å². The lowest BCUT2D eigenvalue weighted by molar-refractivity contribution is -0.138. The molecule has 0 spiro atoms. The molecule has 1 aromatic rings. The molecule has 0 bridgehead atoms. The molecule has 6 nitrogen and oxygen atoms in total. The molecule has 1 fully saturated rings. The predicted molar refractivity (Wildman–Crippen MR) is 80.9 cm³/mol. The number of hydrogen-bond donors (Lipinski definition) is 2. The van der Waals surface area contributed by atoms with E-state index in [2.05, 4.69) is 31.4 Å². The van der Waals surface area contributed by atoms with Gasteiger partial charge in [0.05, 0.1) is 12.6 Å². The van der Waals surface area contributed by atoms with Crippen molar-refractivity contribution in [2.24, 2.45) is 10.2 Å². The van der Waals surface area contributed by atoms with Crippen LogP contribution in [0.2, 0.25) is 0 Å². The van der Waals surface area contributed by atoms with Crippen LogP contribution >= 0.6 is 27.7 Å². The van der Waals surface area contributed by atoms with E-state index in [0.717, 1.165) is 21.8 Å². The zero-order chi connectivity index (χ0) is 14.5. The number of amides is 1. The molecule has 0 aliphatic carbocycles. The summed E-state index contributed by atoms with van der Waals surface area (Å²) in [5, 5.41) is 18.6. The van der Waals surface area contributed by atoms with Crippen LogP contribution < -0.4 is 5.32 Å². The van der Waals surface area contributed by atoms with Crippen molar-refractivity contribution < 1.29 is 14.7 Å². The van der Waals surface area contributed by atoms with Gasteiger partial charge in [0, 0.05) is 4.47 Å². The second-order valence-electron chi connectivity index (χ2n) is 3.90. The second kappa shape index (κ2) is 6.67. The number of hydrogen-bond acceptors (Lipinski definition) is 5. The van der Waals surface area contributed by atoms with Crippen LogP contribution in [0, 0.1) is 0 Å². The number of benzene rings is 1. The maximum absolute atomic E-state index is 11.5. The molecule has 20 heavy (non-hydrogen) atoms. The molecule has 1 aliphatic rings. The van der Waals surface area contributed by atoms with E-state index in [1.165, 1.54) is 0 Å². The third-order valence-corrected chi connectivity index (χ3v) is 3.91. The zero-order valence-electron chi connectivity index (χ0n) is 10.1. The van der Waals surface area contributed by atoms with Crippen LogP contribution in [0.4, 0.5) is 0 Å². The summed E-state index contributed by atoms with van der Waals surface area (Å²) in [4.78, 5) is 22.0. The van der Waals surface area contributed by atoms with Gasteiger partial charge in [0.2, 0.25) is 5.91 Å². The molecule has 0 aromatic heterocycles. The molecule has 1 atom stereocenters. The maximum atomic E-state index is 11.5. The summed E-state index contributed by atoms with van der Waals surface area (Å²) < 4.78 is 0.930. The van der Waals surface area contributed by atoms with Crippen molar-refractivity contribution in [3.05, 3.63) is 34.3 Å². The Hall–Kier alpha value is -1.67. The molecular weight excluding hydrogens is 346 g/mol. The highest BCUT2D eigenvalue weighted by Gasteiger charge is 2.32. The largest absolute Gasteiger partial charge is 0.481 e. The average Bonchev–Trinajstić information content (AvgIpc) is 2.69. The Balaban J connectivity index is 1.99. The van der Waals surface area contributed by atoms with Gasteiger partial charge in [0.15, 0.2) is 5.17 Å². The SMILES string of the molecule is O=C(O)C[C@@H]1S/C(=N/N=C/c2cccc(Br)c2)NC1=O. The highest BCUT2D eigenvalue weighted by molar-refractivity contribution is 9.10. The lowest BCUT2D eigenvalue weighted by atomic mass is 10.2. The molecule has 1 heterocycles. The van der Waals surface area contributed by atoms with Gasteiger partial charge in [-0.15, -0.1) is 5.10 Å². The molecule has 8 heteroatoms. The van der Waals surface area contributed by atoms with Crippen molar-refractivity contribution in [2.45, 2.75) is 11.7 Å². The van der Waals surface area contributed by atoms with Crippen molar-refractivity contribution in [1.29, 1.82) is 0 Å². The van der Waals surface area contributed by atoms with E-state index in [1.807, 2.05) is 24.3 Å². The van der Waals surface area contributed by atoms with Crippen molar-refractivity contribution in [3.8, 4) is 0 Å². The highest BCUT2D eigenvalue weighted by atomic mass is 79.9. The van der Waals surface area contributed by atoms with Crippen molar-refractivity contribution >= 4 is 51.0 Å². The quantitative estimate of drug-likeness (QED) is 0.636. The summed E-state index contributed by atoms with van der Waals surface area (Å²) in [6.07, 6.45) is 1.32. The predicted octanol–water partition coefficient (Wildman–Crippen LogP) is 1.85. The van der Waals surface area contributed by atoms with Gasteiger partial charge in [0.1, 0.15) is 5.25 Å². The fourth-order valence-electron chi connectivity index (χ4n) is 1.48. The first kappa shape index (κ1) is 14.7. The Bertz CT molecular complexity index is 603. The molecular formula is C12H10BrN3O3S. The topological polar surface area (TPSA) is 91.1 Å². The van der Waals surface area contributed by atoms with Crippen molar-refractivity contribution in [2.75, 3.05) is 0 Å². The number of halogens is 1. The third kappa shape index (κ3) is 4.17. The molecule has 2 rings (SSSR count). The van der Waals surface area contributed by atoms with Crippen LogP contribution in [-0.2, 0) is 9.59 Å². The Morgan fingerprint density at radius 3 is 3.05 bits per heavy atom. The standard InChI is InChI=1S/C12H10BrN3O3S/c13-8-3-1-2-7(4-8)6-14-16-12-15-11(19)9(20-12)5-10(17)18/h1-4,6,9H,5H2,(H,17,18)(H,15,16,19)/b14-6+/t9-/m0/s1. The normalized spacial score (nSPS) is 20.6. The minimum absolute atomic E-state index is 0.231. The van der Waals surface area contributed by atoms with E-state index in [1.54, 1.807) is 6.21 Å². The zero-order valence-corrected chi connectivity index (χ0v) is 12.5. The van der Waals surface area contributed by atoms with E-state index in [0.29, 0.717) is 5.17 Å². The lowest BCUT2D eigenvalue weighted by Crippen LogP contribution is -2.26. The minimum Gasteiger partial charge on any atom is -0.481 e. The molecule has 1 saturated heterocycles. The molecule has 1 aromatic carbocycles. The van der Waals surface area contributed by atoms with Crippen LogP contribution in [0.25, 0.3) is 0 Å². The molecule has 2 N–H and O–H groups in total. The van der Waals surface area contributed by atoms with E-state index >= 15 is 0 Å². The number of nitrogens with one attached hydrogen (secondary N) is 1. The summed E-state index contributed by atoms with van der Waals surface area (Å²) in [5.74, 6) is -1.37. The van der Waals surface area contributed by atoms with Crippen LogP contribution in [0.1, 0.15) is 12.0 Å². The maximum Gasteiger partial charge on any atom is 0.305 e. The van der Waals surface area contributed by atoms with Gasteiger partial charge in [-0.3, -0.25) is 9.59 Å². The Morgan fingerprint density at radius 2 is 2.35 bits per heavy atom. The van der Waals surface area contributed by atoms with E-state index in [-0.39, 0.29) is 12.3 Å². The lowest BCUT2D eigenvalue weighted by Gasteiger charge is -1.97. The summed E-state index contributed by atoms with van der Waals surface area (Å²) in [6, 6.07) is 7.50. The van der Waals surface area contributed by atoms with Gasteiger partial charge in [-0.05, 0) is 17.7 Å². The van der Waals surface area contributed by atoms with E-state index < -0.39 is 11.2 Å². The number of aliphatic carboxylic acids is 1. The summed E-state index contributed by atoms with van der Waals surface area (Å²) in [6.45, 7) is 0. The number of carbonyl (C=O) groups excluding carboxylic acids is 1. The van der Waals surface area contributed by atoms with Gasteiger partial charge in [0.25, 0.3) is 0 Å². The molecule has 0 unspecified atom stereocenters. The van der Waals surface area contributed by atoms with E-state index in [9.17, 15) is 9.59 Å². The van der Waals surface area contributed by atoms with Crippen molar-refractivity contribution in [1.82, 2.24) is 5.32 Å². The van der Waals surface area contributed by atoms with Gasteiger partial charge >= 0.3 is 5.97 Å². The summed E-state index contributed by atoms with van der Waals surface area (Å²) in [5.41, 5.74) is 0.861. The molecule has 0 saturated carbocycles.